The highest BCUT2D eigenvalue weighted by atomic mass is 32.1. The van der Waals surface area contributed by atoms with E-state index in [2.05, 4.69) is 10.3 Å². The lowest BCUT2D eigenvalue weighted by atomic mass is 10.0. The number of morpholine rings is 1. The maximum atomic E-state index is 13.2. The van der Waals surface area contributed by atoms with Gasteiger partial charge in [0.15, 0.2) is 0 Å². The predicted octanol–water partition coefficient (Wildman–Crippen LogP) is 2.81. The number of ether oxygens (including phenoxy) is 1. The van der Waals surface area contributed by atoms with Crippen molar-refractivity contribution < 1.29 is 14.3 Å². The molecule has 2 amide bonds. The van der Waals surface area contributed by atoms with E-state index in [1.165, 1.54) is 11.3 Å². The summed E-state index contributed by atoms with van der Waals surface area (Å²) in [5.74, 6) is -0.317. The second-order valence-corrected chi connectivity index (χ2v) is 8.19. The number of fused-ring (bicyclic) bond motifs is 1. The second kappa shape index (κ2) is 8.22. The summed E-state index contributed by atoms with van der Waals surface area (Å²) in [6.07, 6.45) is -0.217. The molecular formula is C22H20N4O3S. The number of carbonyl (C=O) groups excluding carboxylic acids is 2. The summed E-state index contributed by atoms with van der Waals surface area (Å²) in [7, 11) is 0. The normalized spacial score (nSPS) is 22.0. The Hall–Kier alpha value is -3.28. The zero-order valence-electron chi connectivity index (χ0n) is 16.6. The zero-order valence-corrected chi connectivity index (χ0v) is 17.4. The first-order valence-corrected chi connectivity index (χ1v) is 10.5. The summed E-state index contributed by atoms with van der Waals surface area (Å²) in [6, 6.07) is 12.8. The summed E-state index contributed by atoms with van der Waals surface area (Å²) < 4.78 is 5.69. The minimum absolute atomic E-state index is 0.0378. The second-order valence-electron chi connectivity index (χ2n) is 7.24. The van der Waals surface area contributed by atoms with Gasteiger partial charge < -0.3 is 15.0 Å². The van der Waals surface area contributed by atoms with Crippen LogP contribution in [0.25, 0.3) is 5.70 Å². The van der Waals surface area contributed by atoms with Crippen LogP contribution in [0, 0.1) is 11.3 Å². The molecule has 1 saturated heterocycles. The molecule has 0 unspecified atom stereocenters. The monoisotopic (exact) mass is 420 g/mol. The fourth-order valence-corrected chi connectivity index (χ4v) is 4.31. The maximum absolute atomic E-state index is 13.2. The molecular weight excluding hydrogens is 400 g/mol. The Morgan fingerprint density at radius 2 is 1.87 bits per heavy atom. The maximum Gasteiger partial charge on any atom is 0.266 e. The van der Waals surface area contributed by atoms with Crippen LogP contribution in [-0.2, 0) is 9.53 Å². The SMILES string of the molecule is C[C@@H]1CN(C(=O)/C(C#N)=C2\N=C(NC(=O)c3cccs3)c3ccccc32)C[C@@H](C)O1. The number of amides is 2. The van der Waals surface area contributed by atoms with Crippen LogP contribution in [0.3, 0.4) is 0 Å². The van der Waals surface area contributed by atoms with Gasteiger partial charge in [-0.25, -0.2) is 4.99 Å². The van der Waals surface area contributed by atoms with E-state index in [9.17, 15) is 14.9 Å². The number of benzene rings is 1. The number of hydrogen-bond acceptors (Lipinski definition) is 6. The van der Waals surface area contributed by atoms with E-state index in [4.69, 9.17) is 4.74 Å². The van der Waals surface area contributed by atoms with Crippen molar-refractivity contribution in [2.24, 2.45) is 4.99 Å². The van der Waals surface area contributed by atoms with Gasteiger partial charge >= 0.3 is 0 Å². The molecule has 1 fully saturated rings. The molecule has 0 bridgehead atoms. The first kappa shape index (κ1) is 20.0. The highest BCUT2D eigenvalue weighted by molar-refractivity contribution is 7.12. The van der Waals surface area contributed by atoms with Crippen molar-refractivity contribution in [3.05, 3.63) is 63.4 Å². The van der Waals surface area contributed by atoms with Crippen LogP contribution in [0.5, 0.6) is 0 Å². The highest BCUT2D eigenvalue weighted by Crippen LogP contribution is 2.31. The van der Waals surface area contributed by atoms with Crippen molar-refractivity contribution in [1.82, 2.24) is 10.2 Å². The molecule has 1 N–H and O–H groups in total. The summed E-state index contributed by atoms with van der Waals surface area (Å²) >= 11 is 1.33. The van der Waals surface area contributed by atoms with Crippen molar-refractivity contribution in [3.63, 3.8) is 0 Å². The quantitative estimate of drug-likeness (QED) is 0.597. The minimum Gasteiger partial charge on any atom is -0.372 e. The van der Waals surface area contributed by atoms with Gasteiger partial charge in [-0.15, -0.1) is 11.3 Å². The van der Waals surface area contributed by atoms with Gasteiger partial charge in [-0.2, -0.15) is 5.26 Å². The number of thiophene rings is 1. The summed E-state index contributed by atoms with van der Waals surface area (Å²) in [5.41, 5.74) is 1.58. The van der Waals surface area contributed by atoms with E-state index >= 15 is 0 Å². The summed E-state index contributed by atoms with van der Waals surface area (Å²) in [6.45, 7) is 4.62. The number of carbonyl (C=O) groups is 2. The number of hydrogen-bond donors (Lipinski definition) is 1. The molecule has 0 aliphatic carbocycles. The van der Waals surface area contributed by atoms with Crippen LogP contribution in [0.1, 0.15) is 34.6 Å². The van der Waals surface area contributed by atoms with Crippen molar-refractivity contribution in [3.8, 4) is 6.07 Å². The smallest absolute Gasteiger partial charge is 0.266 e. The molecule has 8 heteroatoms. The molecule has 2 aliphatic rings. The van der Waals surface area contributed by atoms with Gasteiger partial charge in [-0.1, -0.05) is 30.3 Å². The molecule has 7 nitrogen and oxygen atoms in total. The van der Waals surface area contributed by atoms with Crippen molar-refractivity contribution in [2.45, 2.75) is 26.1 Å². The average Bonchev–Trinajstić information content (AvgIpc) is 3.37. The molecule has 0 saturated carbocycles. The number of nitrogens with one attached hydrogen (secondary N) is 1. The Morgan fingerprint density at radius 1 is 1.17 bits per heavy atom. The Labute approximate surface area is 178 Å². The standard InChI is InChI=1S/C22H20N4O3S/c1-13-11-26(12-14(2)29-13)22(28)17(10-23)19-15-6-3-4-7-16(15)20(24-19)25-21(27)18-8-5-9-30-18/h3-9,13-14H,11-12H2,1-2H3,(H,24,25,27)/b19-17-/t13-,14-/m1/s1. The van der Waals surface area contributed by atoms with E-state index in [1.807, 2.05) is 43.5 Å². The van der Waals surface area contributed by atoms with Gasteiger partial charge in [-0.05, 0) is 25.3 Å². The number of nitrogens with zero attached hydrogens (tertiary/aromatic N) is 3. The Bertz CT molecular complexity index is 1090. The van der Waals surface area contributed by atoms with E-state index in [0.29, 0.717) is 34.9 Å². The van der Waals surface area contributed by atoms with Crippen LogP contribution in [0.15, 0.2) is 52.3 Å². The number of rotatable bonds is 2. The molecule has 1 aromatic carbocycles. The first-order chi connectivity index (χ1) is 14.5. The van der Waals surface area contributed by atoms with Crippen molar-refractivity contribution >= 4 is 34.7 Å². The van der Waals surface area contributed by atoms with Gasteiger partial charge in [0.1, 0.15) is 17.5 Å². The van der Waals surface area contributed by atoms with E-state index in [-0.39, 0.29) is 35.3 Å². The van der Waals surface area contributed by atoms with Crippen molar-refractivity contribution in [1.29, 1.82) is 5.26 Å². The fourth-order valence-electron chi connectivity index (χ4n) is 3.70. The Balaban J connectivity index is 1.71. The van der Waals surface area contributed by atoms with Crippen LogP contribution in [0.4, 0.5) is 0 Å². The van der Waals surface area contributed by atoms with Gasteiger partial charge in [-0.3, -0.25) is 9.59 Å². The lowest BCUT2D eigenvalue weighted by molar-refractivity contribution is -0.138. The van der Waals surface area contributed by atoms with E-state index < -0.39 is 0 Å². The average molecular weight is 420 g/mol. The third-order valence-corrected chi connectivity index (χ3v) is 5.78. The third kappa shape index (κ3) is 3.77. The molecule has 3 heterocycles. The molecule has 30 heavy (non-hydrogen) atoms. The van der Waals surface area contributed by atoms with Gasteiger partial charge in [0.25, 0.3) is 11.8 Å². The Morgan fingerprint density at radius 3 is 2.50 bits per heavy atom. The fraction of sp³-hybridized carbons (Fsp3) is 0.273. The Kier molecular flexibility index (Phi) is 5.48. The largest absolute Gasteiger partial charge is 0.372 e. The molecule has 152 valence electrons. The predicted molar refractivity (Wildman–Crippen MR) is 114 cm³/mol. The number of nitriles is 1. The molecule has 2 atom stereocenters. The molecule has 2 aromatic rings. The van der Waals surface area contributed by atoms with E-state index in [1.54, 1.807) is 23.1 Å². The number of aliphatic imine (C=N–C) groups is 1. The third-order valence-electron chi connectivity index (χ3n) is 4.91. The van der Waals surface area contributed by atoms with Gasteiger partial charge in [0.05, 0.1) is 22.8 Å². The number of amidine groups is 1. The lowest BCUT2D eigenvalue weighted by Crippen LogP contribution is -2.48. The summed E-state index contributed by atoms with van der Waals surface area (Å²) in [5, 5.41) is 14.5. The molecule has 4 rings (SSSR count). The zero-order chi connectivity index (χ0) is 21.3. The van der Waals surface area contributed by atoms with Crippen LogP contribution in [-0.4, -0.2) is 47.8 Å². The molecule has 0 spiro atoms. The van der Waals surface area contributed by atoms with Gasteiger partial charge in [0, 0.05) is 24.2 Å². The molecule has 0 radical (unpaired) electrons. The van der Waals surface area contributed by atoms with Crippen LogP contribution >= 0.6 is 11.3 Å². The van der Waals surface area contributed by atoms with Crippen molar-refractivity contribution in [2.75, 3.05) is 13.1 Å². The minimum atomic E-state index is -0.376. The van der Waals surface area contributed by atoms with Gasteiger partial charge in [0.2, 0.25) is 0 Å². The van der Waals surface area contributed by atoms with E-state index in [0.717, 1.165) is 0 Å². The summed E-state index contributed by atoms with van der Waals surface area (Å²) in [4.78, 5) is 32.4. The molecule has 2 aliphatic heterocycles. The van der Waals surface area contributed by atoms with Crippen LogP contribution < -0.4 is 5.32 Å². The first-order valence-electron chi connectivity index (χ1n) is 9.60. The molecule has 1 aromatic heterocycles. The lowest BCUT2D eigenvalue weighted by Gasteiger charge is -2.35. The van der Waals surface area contributed by atoms with Crippen LogP contribution in [0.2, 0.25) is 0 Å². The highest BCUT2D eigenvalue weighted by Gasteiger charge is 2.32. The topological polar surface area (TPSA) is 94.8 Å².